The number of hydrogen-bond acceptors (Lipinski definition) is 3. The molecule has 0 saturated heterocycles. The Morgan fingerprint density at radius 1 is 1.29 bits per heavy atom. The van der Waals surface area contributed by atoms with Gasteiger partial charge < -0.3 is 5.32 Å². The summed E-state index contributed by atoms with van der Waals surface area (Å²) in [4.78, 5) is 5.91. The highest BCUT2D eigenvalue weighted by Gasteiger charge is 2.25. The van der Waals surface area contributed by atoms with E-state index in [0.717, 1.165) is 5.69 Å². The molecule has 0 spiro atoms. The van der Waals surface area contributed by atoms with E-state index in [1.54, 1.807) is 11.3 Å². The Balaban J connectivity index is 2.91. The van der Waals surface area contributed by atoms with Crippen molar-refractivity contribution >= 4 is 11.3 Å². The lowest BCUT2D eigenvalue weighted by atomic mass is 10.1. The summed E-state index contributed by atoms with van der Waals surface area (Å²) in [5.41, 5.74) is 1.14. The van der Waals surface area contributed by atoms with Gasteiger partial charge in [0.05, 0.1) is 11.2 Å². The number of aryl methyl sites for hydroxylation is 2. The van der Waals surface area contributed by atoms with Gasteiger partial charge in [0.25, 0.3) is 0 Å². The van der Waals surface area contributed by atoms with E-state index in [9.17, 15) is 0 Å². The summed E-state index contributed by atoms with van der Waals surface area (Å²) in [6, 6.07) is 0.481. The topological polar surface area (TPSA) is 24.9 Å². The molecule has 0 aliphatic heterocycles. The van der Waals surface area contributed by atoms with E-state index in [4.69, 9.17) is 0 Å². The lowest BCUT2D eigenvalue weighted by Crippen LogP contribution is -2.40. The largest absolute Gasteiger partial charge is 0.304 e. The first-order valence-electron chi connectivity index (χ1n) is 5.05. The monoisotopic (exact) mass is 212 g/mol. The van der Waals surface area contributed by atoms with Gasteiger partial charge in [0, 0.05) is 10.9 Å². The summed E-state index contributed by atoms with van der Waals surface area (Å²) >= 11 is 1.79. The first-order valence-corrected chi connectivity index (χ1v) is 5.87. The zero-order valence-electron chi connectivity index (χ0n) is 9.93. The minimum Gasteiger partial charge on any atom is -0.304 e. The van der Waals surface area contributed by atoms with Gasteiger partial charge in [-0.05, 0) is 41.5 Å². The van der Waals surface area contributed by atoms with Gasteiger partial charge in [-0.1, -0.05) is 0 Å². The Morgan fingerprint density at radius 3 is 2.21 bits per heavy atom. The minimum atomic E-state index is -0.0160. The molecule has 0 atom stereocenters. The Hall–Kier alpha value is -0.410. The van der Waals surface area contributed by atoms with Crippen molar-refractivity contribution in [3.63, 3.8) is 0 Å². The van der Waals surface area contributed by atoms with E-state index in [0.29, 0.717) is 6.04 Å². The molecule has 0 bridgehead atoms. The maximum absolute atomic E-state index is 4.59. The summed E-state index contributed by atoms with van der Waals surface area (Å²) in [5, 5.41) is 4.71. The SMILES string of the molecule is Cc1nc(C(C)(C)NC(C)C)sc1C. The summed E-state index contributed by atoms with van der Waals surface area (Å²) in [7, 11) is 0. The maximum Gasteiger partial charge on any atom is 0.113 e. The Kier molecular flexibility index (Phi) is 3.32. The summed E-state index contributed by atoms with van der Waals surface area (Å²) in [6.07, 6.45) is 0. The highest BCUT2D eigenvalue weighted by molar-refractivity contribution is 7.11. The molecule has 1 rings (SSSR count). The van der Waals surface area contributed by atoms with Crippen LogP contribution in [-0.2, 0) is 5.54 Å². The molecule has 0 fully saturated rings. The Bertz CT molecular complexity index is 294. The smallest absolute Gasteiger partial charge is 0.113 e. The lowest BCUT2D eigenvalue weighted by molar-refractivity contribution is 0.364. The van der Waals surface area contributed by atoms with Crippen molar-refractivity contribution in [1.29, 1.82) is 0 Å². The standard InChI is InChI=1S/C11H20N2S/c1-7(2)13-11(5,6)10-12-8(3)9(4)14-10/h7,13H,1-6H3. The molecule has 2 nitrogen and oxygen atoms in total. The molecule has 80 valence electrons. The van der Waals surface area contributed by atoms with Crippen molar-refractivity contribution < 1.29 is 0 Å². The highest BCUT2D eigenvalue weighted by atomic mass is 32.1. The fraction of sp³-hybridized carbons (Fsp3) is 0.727. The molecule has 1 aromatic rings. The average Bonchev–Trinajstić information content (AvgIpc) is 2.30. The van der Waals surface area contributed by atoms with Crippen LogP contribution in [0.2, 0.25) is 0 Å². The van der Waals surface area contributed by atoms with Gasteiger partial charge in [-0.25, -0.2) is 4.98 Å². The molecule has 0 amide bonds. The predicted molar refractivity (Wildman–Crippen MR) is 62.9 cm³/mol. The predicted octanol–water partition coefficient (Wildman–Crippen LogP) is 2.99. The average molecular weight is 212 g/mol. The van der Waals surface area contributed by atoms with Gasteiger partial charge in [-0.15, -0.1) is 11.3 Å². The van der Waals surface area contributed by atoms with Gasteiger partial charge in [0.1, 0.15) is 5.01 Å². The maximum atomic E-state index is 4.59. The normalized spacial score (nSPS) is 12.5. The highest BCUT2D eigenvalue weighted by Crippen LogP contribution is 2.27. The fourth-order valence-corrected chi connectivity index (χ4v) is 2.50. The van der Waals surface area contributed by atoms with Crippen molar-refractivity contribution in [1.82, 2.24) is 10.3 Å². The number of rotatable bonds is 3. The summed E-state index contributed by atoms with van der Waals surface area (Å²) in [5.74, 6) is 0. The summed E-state index contributed by atoms with van der Waals surface area (Å²) in [6.45, 7) is 12.9. The zero-order chi connectivity index (χ0) is 10.9. The van der Waals surface area contributed by atoms with Crippen molar-refractivity contribution in [2.75, 3.05) is 0 Å². The van der Waals surface area contributed by atoms with E-state index in [-0.39, 0.29) is 5.54 Å². The third-order valence-corrected chi connectivity index (χ3v) is 3.61. The molecule has 0 saturated carbocycles. The first kappa shape index (κ1) is 11.7. The first-order chi connectivity index (χ1) is 6.33. The second-order valence-corrected chi connectivity index (χ2v) is 5.79. The molecule has 1 aromatic heterocycles. The van der Waals surface area contributed by atoms with Crippen molar-refractivity contribution in [3.05, 3.63) is 15.6 Å². The van der Waals surface area contributed by atoms with Crippen molar-refractivity contribution in [2.24, 2.45) is 0 Å². The summed E-state index contributed by atoms with van der Waals surface area (Å²) < 4.78 is 0. The van der Waals surface area contributed by atoms with E-state index in [1.807, 2.05) is 0 Å². The molecule has 1 heterocycles. The molecule has 3 heteroatoms. The number of aromatic nitrogens is 1. The lowest BCUT2D eigenvalue weighted by Gasteiger charge is -2.26. The van der Waals surface area contributed by atoms with Crippen LogP contribution >= 0.6 is 11.3 Å². The molecule has 14 heavy (non-hydrogen) atoms. The molecule has 1 N–H and O–H groups in total. The van der Waals surface area contributed by atoms with Gasteiger partial charge in [0.15, 0.2) is 0 Å². The van der Waals surface area contributed by atoms with Crippen LogP contribution in [0, 0.1) is 13.8 Å². The number of hydrogen-bond donors (Lipinski definition) is 1. The second kappa shape index (κ2) is 3.99. The third kappa shape index (κ3) is 2.55. The van der Waals surface area contributed by atoms with Crippen molar-refractivity contribution in [3.8, 4) is 0 Å². The van der Waals surface area contributed by atoms with Crippen LogP contribution in [0.15, 0.2) is 0 Å². The van der Waals surface area contributed by atoms with Gasteiger partial charge in [-0.3, -0.25) is 0 Å². The Morgan fingerprint density at radius 2 is 1.86 bits per heavy atom. The second-order valence-electron chi connectivity index (χ2n) is 4.58. The van der Waals surface area contributed by atoms with Crippen LogP contribution in [0.4, 0.5) is 0 Å². The van der Waals surface area contributed by atoms with Crippen molar-refractivity contribution in [2.45, 2.75) is 53.1 Å². The van der Waals surface area contributed by atoms with E-state index < -0.39 is 0 Å². The van der Waals surface area contributed by atoms with Gasteiger partial charge in [-0.2, -0.15) is 0 Å². The number of nitrogens with zero attached hydrogens (tertiary/aromatic N) is 1. The van der Waals surface area contributed by atoms with E-state index in [2.05, 4.69) is 51.8 Å². The third-order valence-electron chi connectivity index (χ3n) is 2.21. The molecule has 0 unspecified atom stereocenters. The van der Waals surface area contributed by atoms with E-state index >= 15 is 0 Å². The fourth-order valence-electron chi connectivity index (χ4n) is 1.52. The molecule has 0 aromatic carbocycles. The van der Waals surface area contributed by atoms with Crippen LogP contribution in [0.25, 0.3) is 0 Å². The van der Waals surface area contributed by atoms with Crippen LogP contribution in [-0.4, -0.2) is 11.0 Å². The molecule has 0 aliphatic carbocycles. The molecular weight excluding hydrogens is 192 g/mol. The van der Waals surface area contributed by atoms with Crippen LogP contribution in [0.1, 0.15) is 43.3 Å². The Labute approximate surface area is 90.8 Å². The number of thiazole rings is 1. The minimum absolute atomic E-state index is 0.0160. The number of nitrogens with one attached hydrogen (secondary N) is 1. The molecule has 0 aliphatic rings. The molecular formula is C11H20N2S. The van der Waals surface area contributed by atoms with Crippen LogP contribution in [0.3, 0.4) is 0 Å². The zero-order valence-corrected chi connectivity index (χ0v) is 10.7. The molecule has 0 radical (unpaired) electrons. The van der Waals surface area contributed by atoms with Crippen LogP contribution < -0.4 is 5.32 Å². The van der Waals surface area contributed by atoms with E-state index in [1.165, 1.54) is 9.88 Å². The van der Waals surface area contributed by atoms with Gasteiger partial charge >= 0.3 is 0 Å². The quantitative estimate of drug-likeness (QED) is 0.833. The van der Waals surface area contributed by atoms with Crippen LogP contribution in [0.5, 0.6) is 0 Å². The van der Waals surface area contributed by atoms with Gasteiger partial charge in [0.2, 0.25) is 0 Å².